The Hall–Kier alpha value is -7.50. The van der Waals surface area contributed by atoms with Gasteiger partial charge in [0.15, 0.2) is 0 Å². The molecule has 0 saturated heterocycles. The summed E-state index contributed by atoms with van der Waals surface area (Å²) in [6.07, 6.45) is 3.77. The lowest BCUT2D eigenvalue weighted by atomic mass is 9.38. The molecule has 0 bridgehead atoms. The Balaban J connectivity index is 1.03. The molecule has 0 fully saturated rings. The maximum Gasteiger partial charge on any atom is 0.243 e. The summed E-state index contributed by atoms with van der Waals surface area (Å²) in [7, 11) is 0. The molecule has 0 radical (unpaired) electrons. The Morgan fingerprint density at radius 3 is 2.02 bits per heavy atom. The fraction of sp³-hybridized carbons (Fsp3) is 0.0545. The maximum atomic E-state index is 4.93. The molecule has 0 spiro atoms. The highest BCUT2D eigenvalue weighted by Crippen LogP contribution is 2.53. The predicted molar refractivity (Wildman–Crippen MR) is 252 cm³/mol. The van der Waals surface area contributed by atoms with Gasteiger partial charge in [-0.05, 0) is 93.7 Å². The van der Waals surface area contributed by atoms with Crippen molar-refractivity contribution in [2.75, 3.05) is 4.90 Å². The predicted octanol–water partition coefficient (Wildman–Crippen LogP) is 11.6. The minimum atomic E-state index is -0.232. The van der Waals surface area contributed by atoms with Crippen LogP contribution in [0.4, 0.5) is 17.1 Å². The van der Waals surface area contributed by atoms with Crippen molar-refractivity contribution in [1.82, 2.24) is 14.5 Å². The van der Waals surface area contributed by atoms with E-state index in [1.165, 1.54) is 88.3 Å². The van der Waals surface area contributed by atoms with Crippen molar-refractivity contribution < 1.29 is 0 Å². The summed E-state index contributed by atoms with van der Waals surface area (Å²) in [5.41, 5.74) is 18.0. The van der Waals surface area contributed by atoms with E-state index in [1.807, 2.05) is 18.5 Å². The summed E-state index contributed by atoms with van der Waals surface area (Å²) >= 11 is 0. The van der Waals surface area contributed by atoms with E-state index in [1.54, 1.807) is 0 Å². The third-order valence-corrected chi connectivity index (χ3v) is 13.5. The molecule has 2 aliphatic rings. The van der Waals surface area contributed by atoms with Crippen LogP contribution in [0.1, 0.15) is 25.0 Å². The lowest BCUT2D eigenvalue weighted by Crippen LogP contribution is -2.49. The summed E-state index contributed by atoms with van der Waals surface area (Å²) in [5, 5.41) is 7.27. The van der Waals surface area contributed by atoms with Gasteiger partial charge in [0.1, 0.15) is 0 Å². The number of benzene rings is 8. The molecule has 5 heterocycles. The van der Waals surface area contributed by atoms with E-state index >= 15 is 0 Å². The fourth-order valence-electron chi connectivity index (χ4n) is 10.9. The van der Waals surface area contributed by atoms with Crippen molar-refractivity contribution in [2.24, 2.45) is 0 Å². The highest BCUT2D eigenvalue weighted by atomic mass is 15.2. The van der Waals surface area contributed by atoms with Gasteiger partial charge in [0.25, 0.3) is 0 Å². The van der Waals surface area contributed by atoms with Crippen molar-refractivity contribution in [3.05, 3.63) is 199 Å². The van der Waals surface area contributed by atoms with E-state index in [0.717, 1.165) is 27.5 Å². The number of hydrogen-bond acceptors (Lipinski definition) is 3. The van der Waals surface area contributed by atoms with Gasteiger partial charge < -0.3 is 9.47 Å². The van der Waals surface area contributed by atoms with E-state index in [9.17, 15) is 0 Å². The molecule has 5 heteroatoms. The normalized spacial score (nSPS) is 13.9. The number of rotatable bonds is 3. The number of fused-ring (bicyclic) bond motifs is 15. The van der Waals surface area contributed by atoms with Crippen molar-refractivity contribution in [3.63, 3.8) is 0 Å². The zero-order chi connectivity index (χ0) is 39.7. The van der Waals surface area contributed by atoms with Crippen molar-refractivity contribution in [3.8, 4) is 16.8 Å². The van der Waals surface area contributed by atoms with Crippen LogP contribution < -0.4 is 21.3 Å². The van der Waals surface area contributed by atoms with E-state index in [0.29, 0.717) is 0 Å². The Kier molecular flexibility index (Phi) is 6.84. The third kappa shape index (κ3) is 4.46. The van der Waals surface area contributed by atoms with Crippen LogP contribution in [-0.2, 0) is 5.41 Å². The van der Waals surface area contributed by atoms with Gasteiger partial charge in [-0.1, -0.05) is 145 Å². The van der Waals surface area contributed by atoms with E-state index < -0.39 is 0 Å². The van der Waals surface area contributed by atoms with Gasteiger partial charge in [-0.2, -0.15) is 0 Å². The van der Waals surface area contributed by atoms with Crippen molar-refractivity contribution in [2.45, 2.75) is 19.3 Å². The van der Waals surface area contributed by atoms with E-state index in [4.69, 9.17) is 9.97 Å². The van der Waals surface area contributed by atoms with Crippen LogP contribution in [0.15, 0.2) is 188 Å². The van der Waals surface area contributed by atoms with Gasteiger partial charge >= 0.3 is 0 Å². The molecule has 0 unspecified atom stereocenters. The molecular weight excluding hydrogens is 727 g/mol. The van der Waals surface area contributed by atoms with Gasteiger partial charge in [-0.15, -0.1) is 0 Å². The second kappa shape index (κ2) is 12.3. The maximum absolute atomic E-state index is 4.93. The molecule has 0 N–H and O–H groups in total. The van der Waals surface area contributed by atoms with Crippen LogP contribution in [0.25, 0.3) is 71.2 Å². The molecule has 4 nitrogen and oxygen atoms in total. The number of anilines is 3. The highest BCUT2D eigenvalue weighted by molar-refractivity contribution is 7.00. The zero-order valence-corrected chi connectivity index (χ0v) is 33.3. The lowest BCUT2D eigenvalue weighted by molar-refractivity contribution is 0.632. The standard InChI is InChI=1S/C55H37BN4/c1-55(2)44-20-8-11-23-48(44)60(50-32-43-38-17-7-10-22-47(38)59(49(43)33-45(50)55)35-14-4-3-5-15-35)36-26-24-34(25-27-36)56-46-21-9-6-16-37(46)40-29-28-39-41-18-12-30-57-53(41)54-42(19-13-31-58-54)51(39)52(40)56/h3-33H,1-2H3. The van der Waals surface area contributed by atoms with Crippen LogP contribution in [0, 0.1) is 0 Å². The Bertz CT molecular complexity index is 3550. The Morgan fingerprint density at radius 1 is 0.467 bits per heavy atom. The number of aromatic nitrogens is 3. The zero-order valence-electron chi connectivity index (χ0n) is 33.3. The van der Waals surface area contributed by atoms with Crippen molar-refractivity contribution in [1.29, 1.82) is 0 Å². The van der Waals surface area contributed by atoms with E-state index in [-0.39, 0.29) is 12.1 Å². The van der Waals surface area contributed by atoms with Gasteiger partial charge in [0, 0.05) is 50.7 Å². The molecular formula is C55H37BN4. The Morgan fingerprint density at radius 2 is 1.17 bits per heavy atom. The number of para-hydroxylation sites is 3. The largest absolute Gasteiger partial charge is 0.310 e. The molecule has 280 valence electrons. The first-order valence-corrected chi connectivity index (χ1v) is 20.9. The summed E-state index contributed by atoms with van der Waals surface area (Å²) in [5.74, 6) is 0. The summed E-state index contributed by atoms with van der Waals surface area (Å²) < 4.78 is 2.43. The smallest absolute Gasteiger partial charge is 0.243 e. The van der Waals surface area contributed by atoms with Crippen LogP contribution >= 0.6 is 0 Å². The second-order valence-corrected chi connectivity index (χ2v) is 16.9. The average molecular weight is 765 g/mol. The van der Waals surface area contributed by atoms with Crippen molar-refractivity contribution >= 4 is 94.5 Å². The SMILES string of the molecule is CC1(C)c2ccccc2N(c2ccc(B3c4ccccc4-c4ccc5c6cccnc6c6ncccc6c5c43)cc2)c2cc3c4ccccc4n(-c4ccccc4)c3cc21. The lowest BCUT2D eigenvalue weighted by Gasteiger charge is -2.42. The number of hydrogen-bond donors (Lipinski definition) is 0. The summed E-state index contributed by atoms with van der Waals surface area (Å²) in [6.45, 7) is 4.81. The topological polar surface area (TPSA) is 34.0 Å². The molecule has 0 aliphatic carbocycles. The van der Waals surface area contributed by atoms with Gasteiger partial charge in [-0.25, -0.2) is 0 Å². The van der Waals surface area contributed by atoms with Gasteiger partial charge in [0.2, 0.25) is 6.71 Å². The molecule has 11 aromatic rings. The third-order valence-electron chi connectivity index (χ3n) is 13.5. The van der Waals surface area contributed by atoms with Crippen LogP contribution in [0.3, 0.4) is 0 Å². The summed E-state index contributed by atoms with van der Waals surface area (Å²) in [6, 6.07) is 65.0. The molecule has 60 heavy (non-hydrogen) atoms. The minimum absolute atomic E-state index is 0.0510. The molecule has 8 aromatic carbocycles. The Labute approximate surface area is 348 Å². The molecule has 0 atom stereocenters. The van der Waals surface area contributed by atoms with E-state index in [2.05, 4.69) is 193 Å². The quantitative estimate of drug-likeness (QED) is 0.133. The average Bonchev–Trinajstić information content (AvgIpc) is 3.82. The van der Waals surface area contributed by atoms with Gasteiger partial charge in [0.05, 0.1) is 33.4 Å². The molecule has 0 saturated carbocycles. The molecule has 3 aromatic heterocycles. The number of nitrogens with zero attached hydrogens (tertiary/aromatic N) is 4. The van der Waals surface area contributed by atoms with Gasteiger partial charge in [-0.3, -0.25) is 9.97 Å². The number of pyridine rings is 2. The van der Waals surface area contributed by atoms with Crippen LogP contribution in [-0.4, -0.2) is 21.2 Å². The first-order valence-electron chi connectivity index (χ1n) is 20.9. The molecule has 13 rings (SSSR count). The first kappa shape index (κ1) is 33.5. The summed E-state index contributed by atoms with van der Waals surface area (Å²) in [4.78, 5) is 12.3. The second-order valence-electron chi connectivity index (χ2n) is 16.9. The fourth-order valence-corrected chi connectivity index (χ4v) is 10.9. The monoisotopic (exact) mass is 764 g/mol. The molecule has 2 aliphatic heterocycles. The molecule has 0 amide bonds. The highest BCUT2D eigenvalue weighted by Gasteiger charge is 2.39. The first-order chi connectivity index (χ1) is 29.6. The van der Waals surface area contributed by atoms with Crippen LogP contribution in [0.2, 0.25) is 0 Å². The van der Waals surface area contributed by atoms with Crippen LogP contribution in [0.5, 0.6) is 0 Å². The minimum Gasteiger partial charge on any atom is -0.310 e.